The summed E-state index contributed by atoms with van der Waals surface area (Å²) in [6.07, 6.45) is 2.31. The molecule has 1 aliphatic heterocycles. The van der Waals surface area contributed by atoms with Crippen LogP contribution in [-0.4, -0.2) is 59.2 Å². The molecule has 130 valence electrons. The summed E-state index contributed by atoms with van der Waals surface area (Å²) in [6.45, 7) is 2.15. The molecule has 3 amide bonds. The lowest BCUT2D eigenvalue weighted by molar-refractivity contribution is -0.119. The van der Waals surface area contributed by atoms with Gasteiger partial charge in [0.15, 0.2) is 0 Å². The Labute approximate surface area is 144 Å². The zero-order valence-corrected chi connectivity index (χ0v) is 13.6. The van der Waals surface area contributed by atoms with Crippen molar-refractivity contribution in [2.75, 3.05) is 26.2 Å². The first-order valence-corrected chi connectivity index (χ1v) is 7.93. The average molecular weight is 342 g/mol. The molecule has 25 heavy (non-hydrogen) atoms. The summed E-state index contributed by atoms with van der Waals surface area (Å²) >= 11 is 0. The Morgan fingerprint density at radius 1 is 1.12 bits per heavy atom. The van der Waals surface area contributed by atoms with Crippen molar-refractivity contribution in [3.63, 3.8) is 0 Å². The van der Waals surface area contributed by atoms with Gasteiger partial charge < -0.3 is 19.5 Å². The number of amides is 3. The molecule has 1 aliphatic rings. The van der Waals surface area contributed by atoms with Crippen LogP contribution in [0.4, 0.5) is 0 Å². The highest BCUT2D eigenvalue weighted by molar-refractivity contribution is 5.96. The number of nitrogens with one attached hydrogen (secondary N) is 1. The van der Waals surface area contributed by atoms with E-state index in [0.29, 0.717) is 31.9 Å². The number of carbonyl (C=O) groups excluding carboxylic acids is 3. The van der Waals surface area contributed by atoms with Crippen LogP contribution in [0.1, 0.15) is 26.7 Å². The molecule has 1 saturated heterocycles. The van der Waals surface area contributed by atoms with Crippen LogP contribution >= 0.6 is 0 Å². The number of pyridine rings is 1. The number of carbonyl (C=O) groups is 3. The number of nitrogens with zero attached hydrogens (tertiary/aromatic N) is 3. The van der Waals surface area contributed by atoms with E-state index in [0.717, 1.165) is 6.41 Å². The molecule has 3 rings (SSSR count). The molecule has 0 saturated carbocycles. The second kappa shape index (κ2) is 7.61. The Morgan fingerprint density at radius 3 is 2.56 bits per heavy atom. The highest BCUT2D eigenvalue weighted by Crippen LogP contribution is 2.08. The Kier molecular flexibility index (Phi) is 5.08. The second-order valence-corrected chi connectivity index (χ2v) is 5.60. The van der Waals surface area contributed by atoms with Gasteiger partial charge in [-0.15, -0.1) is 0 Å². The van der Waals surface area contributed by atoms with Crippen LogP contribution in [0.5, 0.6) is 0 Å². The minimum absolute atomic E-state index is 0.170. The fourth-order valence-corrected chi connectivity index (χ4v) is 2.54. The Hall–Kier alpha value is -3.16. The predicted octanol–water partition coefficient (Wildman–Crippen LogP) is 0.519. The van der Waals surface area contributed by atoms with E-state index in [4.69, 9.17) is 4.42 Å². The van der Waals surface area contributed by atoms with E-state index >= 15 is 0 Å². The van der Waals surface area contributed by atoms with Crippen molar-refractivity contribution in [3.8, 4) is 0 Å². The molecule has 0 radical (unpaired) electrons. The van der Waals surface area contributed by atoms with Crippen molar-refractivity contribution in [2.24, 2.45) is 0 Å². The molecular weight excluding hydrogens is 324 g/mol. The normalized spacial score (nSPS) is 14.2. The van der Waals surface area contributed by atoms with E-state index in [9.17, 15) is 14.4 Å². The monoisotopic (exact) mass is 342 g/mol. The fourth-order valence-electron chi connectivity index (χ4n) is 2.54. The smallest absolute Gasteiger partial charge is 0.272 e. The van der Waals surface area contributed by atoms with Crippen molar-refractivity contribution in [1.29, 1.82) is 0 Å². The average Bonchev–Trinajstić information content (AvgIpc) is 3.19. The summed E-state index contributed by atoms with van der Waals surface area (Å²) in [5.41, 5.74) is 0.383. The van der Waals surface area contributed by atoms with Crippen LogP contribution in [0.2, 0.25) is 0 Å². The third kappa shape index (κ3) is 4.03. The second-order valence-electron chi connectivity index (χ2n) is 5.60. The Balaban J connectivity index is 1.63. The molecule has 1 N–H and O–H groups in total. The van der Waals surface area contributed by atoms with Crippen LogP contribution in [-0.2, 0) is 11.3 Å². The molecule has 2 aromatic rings. The van der Waals surface area contributed by atoms with E-state index in [1.807, 2.05) is 0 Å². The minimum Gasteiger partial charge on any atom is -0.467 e. The first kappa shape index (κ1) is 16.7. The summed E-state index contributed by atoms with van der Waals surface area (Å²) in [6, 6.07) is 8.26. The van der Waals surface area contributed by atoms with Gasteiger partial charge in [-0.3, -0.25) is 14.4 Å². The van der Waals surface area contributed by atoms with Gasteiger partial charge in [0, 0.05) is 26.2 Å². The zero-order chi connectivity index (χ0) is 17.6. The fraction of sp³-hybridized carbons (Fsp3) is 0.294. The largest absolute Gasteiger partial charge is 0.467 e. The third-order valence-electron chi connectivity index (χ3n) is 3.95. The maximum Gasteiger partial charge on any atom is 0.272 e. The quantitative estimate of drug-likeness (QED) is 0.799. The van der Waals surface area contributed by atoms with E-state index in [-0.39, 0.29) is 29.7 Å². The molecule has 0 unspecified atom stereocenters. The molecule has 0 aliphatic carbocycles. The Morgan fingerprint density at radius 2 is 1.88 bits per heavy atom. The summed E-state index contributed by atoms with van der Waals surface area (Å²) < 4.78 is 5.15. The number of hydrogen-bond donors (Lipinski definition) is 1. The van der Waals surface area contributed by atoms with Gasteiger partial charge in [-0.05, 0) is 24.3 Å². The van der Waals surface area contributed by atoms with Gasteiger partial charge in [-0.25, -0.2) is 4.98 Å². The van der Waals surface area contributed by atoms with Crippen LogP contribution < -0.4 is 5.32 Å². The van der Waals surface area contributed by atoms with Gasteiger partial charge in [0.05, 0.1) is 12.8 Å². The molecule has 8 heteroatoms. The molecule has 0 spiro atoms. The number of piperazine rings is 1. The van der Waals surface area contributed by atoms with Crippen LogP contribution in [0.3, 0.4) is 0 Å². The lowest BCUT2D eigenvalue weighted by Crippen LogP contribution is -2.48. The zero-order valence-electron chi connectivity index (χ0n) is 13.6. The highest BCUT2D eigenvalue weighted by Gasteiger charge is 2.23. The number of aromatic nitrogens is 1. The minimum atomic E-state index is -0.378. The summed E-state index contributed by atoms with van der Waals surface area (Å²) in [5, 5.41) is 2.69. The molecule has 2 aromatic heterocycles. The highest BCUT2D eigenvalue weighted by atomic mass is 16.3. The van der Waals surface area contributed by atoms with E-state index < -0.39 is 0 Å². The van der Waals surface area contributed by atoms with Crippen LogP contribution in [0, 0.1) is 0 Å². The number of furan rings is 1. The summed E-state index contributed by atoms with van der Waals surface area (Å²) in [5.74, 6) is 0.0108. The van der Waals surface area contributed by atoms with Crippen molar-refractivity contribution in [2.45, 2.75) is 6.54 Å². The predicted molar refractivity (Wildman–Crippen MR) is 87.7 cm³/mol. The summed E-state index contributed by atoms with van der Waals surface area (Å²) in [7, 11) is 0. The van der Waals surface area contributed by atoms with Crippen molar-refractivity contribution >= 4 is 18.2 Å². The lowest BCUT2D eigenvalue weighted by atomic mass is 10.2. The first-order chi connectivity index (χ1) is 12.2. The maximum absolute atomic E-state index is 12.5. The molecule has 0 atom stereocenters. The van der Waals surface area contributed by atoms with Gasteiger partial charge in [0.2, 0.25) is 6.41 Å². The lowest BCUT2D eigenvalue weighted by Gasteiger charge is -2.32. The molecule has 8 nitrogen and oxygen atoms in total. The maximum atomic E-state index is 12.5. The van der Waals surface area contributed by atoms with Crippen LogP contribution in [0.15, 0.2) is 41.0 Å². The van der Waals surface area contributed by atoms with Crippen LogP contribution in [0.25, 0.3) is 0 Å². The van der Waals surface area contributed by atoms with Gasteiger partial charge in [0.1, 0.15) is 17.1 Å². The van der Waals surface area contributed by atoms with E-state index in [2.05, 4.69) is 10.3 Å². The van der Waals surface area contributed by atoms with E-state index in [1.54, 1.807) is 40.1 Å². The molecule has 3 heterocycles. The topological polar surface area (TPSA) is 95.8 Å². The SMILES string of the molecule is O=CN1CCN(C(=O)c2cccc(C(=O)NCc3ccco3)n2)CC1. The van der Waals surface area contributed by atoms with Gasteiger partial charge in [-0.2, -0.15) is 0 Å². The molecule has 0 aromatic carbocycles. The third-order valence-corrected chi connectivity index (χ3v) is 3.95. The summed E-state index contributed by atoms with van der Waals surface area (Å²) in [4.78, 5) is 42.9. The van der Waals surface area contributed by atoms with Crippen molar-refractivity contribution in [1.82, 2.24) is 20.1 Å². The molecule has 0 bridgehead atoms. The van der Waals surface area contributed by atoms with E-state index in [1.165, 1.54) is 6.26 Å². The van der Waals surface area contributed by atoms with Crippen molar-refractivity contribution in [3.05, 3.63) is 53.7 Å². The van der Waals surface area contributed by atoms with Crippen molar-refractivity contribution < 1.29 is 18.8 Å². The molecule has 1 fully saturated rings. The first-order valence-electron chi connectivity index (χ1n) is 7.93. The van der Waals surface area contributed by atoms with Gasteiger partial charge in [0.25, 0.3) is 11.8 Å². The number of rotatable bonds is 5. The Bertz CT molecular complexity index is 752. The standard InChI is InChI=1S/C17H18N4O4/c22-12-20-6-8-21(9-7-20)17(24)15-5-1-4-14(19-15)16(23)18-11-13-3-2-10-25-13/h1-5,10,12H,6-9,11H2,(H,18,23). The van der Waals surface area contributed by atoms with Gasteiger partial charge >= 0.3 is 0 Å². The number of hydrogen-bond acceptors (Lipinski definition) is 5. The van der Waals surface area contributed by atoms with Gasteiger partial charge in [-0.1, -0.05) is 6.07 Å². The molecular formula is C17H18N4O4.